The third-order valence-electron chi connectivity index (χ3n) is 4.93. The first-order valence-electron chi connectivity index (χ1n) is 9.97. The lowest BCUT2D eigenvalue weighted by Gasteiger charge is -2.39. The van der Waals surface area contributed by atoms with Crippen LogP contribution < -0.4 is 0 Å². The standard InChI is InChI=1S/C25H22O4S2/c1-18(26)28-24-22(17-23(27)29-24)25(19-11-5-2-6-12-19,30-20-13-7-3-8-14-20)31-21-15-9-4-10-16-21/h2-16,22,24H,17H2,1H3/t22-,24-/m1/s1. The fourth-order valence-electron chi connectivity index (χ4n) is 3.62. The van der Waals surface area contributed by atoms with Crippen LogP contribution >= 0.6 is 23.5 Å². The Bertz CT molecular complexity index is 984. The lowest BCUT2D eigenvalue weighted by atomic mass is 9.95. The van der Waals surface area contributed by atoms with Crippen molar-refractivity contribution in [2.45, 2.75) is 33.5 Å². The van der Waals surface area contributed by atoms with Crippen molar-refractivity contribution in [3.05, 3.63) is 96.6 Å². The van der Waals surface area contributed by atoms with Crippen LogP contribution in [0, 0.1) is 5.92 Å². The van der Waals surface area contributed by atoms with Gasteiger partial charge in [0.25, 0.3) is 6.29 Å². The summed E-state index contributed by atoms with van der Waals surface area (Å²) in [6.45, 7) is 1.34. The molecule has 0 spiro atoms. The molecular weight excluding hydrogens is 428 g/mol. The lowest BCUT2D eigenvalue weighted by Crippen LogP contribution is -2.36. The van der Waals surface area contributed by atoms with E-state index in [-0.39, 0.29) is 18.3 Å². The van der Waals surface area contributed by atoms with E-state index in [0.29, 0.717) is 0 Å². The molecule has 1 aliphatic rings. The molecule has 4 rings (SSSR count). The molecule has 0 saturated carbocycles. The predicted octanol–water partition coefficient (Wildman–Crippen LogP) is 5.88. The number of esters is 2. The van der Waals surface area contributed by atoms with Crippen molar-refractivity contribution in [3.63, 3.8) is 0 Å². The number of ether oxygens (including phenoxy) is 2. The first kappa shape index (κ1) is 21.5. The van der Waals surface area contributed by atoms with Gasteiger partial charge in [0, 0.05) is 16.7 Å². The monoisotopic (exact) mass is 450 g/mol. The van der Waals surface area contributed by atoms with Crippen LogP contribution in [0.1, 0.15) is 18.9 Å². The van der Waals surface area contributed by atoms with Gasteiger partial charge in [0.1, 0.15) is 4.08 Å². The number of thioether (sulfide) groups is 2. The molecule has 0 N–H and O–H groups in total. The molecule has 3 aromatic rings. The topological polar surface area (TPSA) is 52.6 Å². The molecule has 1 saturated heterocycles. The first-order chi connectivity index (χ1) is 15.1. The minimum Gasteiger partial charge on any atom is -0.425 e. The summed E-state index contributed by atoms with van der Waals surface area (Å²) < 4.78 is 10.3. The summed E-state index contributed by atoms with van der Waals surface area (Å²) >= 11 is 3.31. The molecule has 0 bridgehead atoms. The number of benzene rings is 3. The van der Waals surface area contributed by atoms with Crippen molar-refractivity contribution in [1.82, 2.24) is 0 Å². The zero-order chi connectivity index (χ0) is 21.7. The summed E-state index contributed by atoms with van der Waals surface area (Å²) in [5, 5.41) is 0. The Morgan fingerprint density at radius 3 is 1.84 bits per heavy atom. The van der Waals surface area contributed by atoms with Crippen molar-refractivity contribution < 1.29 is 19.1 Å². The van der Waals surface area contributed by atoms with Gasteiger partial charge in [-0.25, -0.2) is 0 Å². The molecule has 31 heavy (non-hydrogen) atoms. The molecule has 0 radical (unpaired) electrons. The Balaban J connectivity index is 1.87. The molecule has 0 aliphatic carbocycles. The van der Waals surface area contributed by atoms with Crippen LogP contribution in [0.4, 0.5) is 0 Å². The zero-order valence-corrected chi connectivity index (χ0v) is 18.6. The lowest BCUT2D eigenvalue weighted by molar-refractivity contribution is -0.180. The smallest absolute Gasteiger partial charge is 0.309 e. The van der Waals surface area contributed by atoms with E-state index in [0.717, 1.165) is 15.4 Å². The largest absolute Gasteiger partial charge is 0.425 e. The normalized spacial score (nSPS) is 18.4. The minimum absolute atomic E-state index is 0.159. The average Bonchev–Trinajstić information content (AvgIpc) is 3.15. The van der Waals surface area contributed by atoms with Crippen LogP contribution in [0.5, 0.6) is 0 Å². The molecule has 0 unspecified atom stereocenters. The number of carbonyl (C=O) groups excluding carboxylic acids is 2. The Morgan fingerprint density at radius 1 is 0.871 bits per heavy atom. The highest BCUT2D eigenvalue weighted by atomic mass is 32.2. The second-order valence-corrected chi connectivity index (χ2v) is 10.0. The molecule has 2 atom stereocenters. The molecule has 3 aromatic carbocycles. The molecule has 4 nitrogen and oxygen atoms in total. The van der Waals surface area contributed by atoms with E-state index in [1.807, 2.05) is 78.9 Å². The molecule has 0 aromatic heterocycles. The van der Waals surface area contributed by atoms with Gasteiger partial charge in [0.2, 0.25) is 0 Å². The highest BCUT2D eigenvalue weighted by Gasteiger charge is 2.53. The van der Waals surface area contributed by atoms with E-state index < -0.39 is 16.3 Å². The second-order valence-electron chi connectivity index (χ2n) is 7.14. The van der Waals surface area contributed by atoms with Gasteiger partial charge in [-0.3, -0.25) is 9.59 Å². The fourth-order valence-corrected chi connectivity index (χ4v) is 6.85. The zero-order valence-electron chi connectivity index (χ0n) is 17.0. The Hall–Kier alpha value is -2.70. The number of rotatable bonds is 7. The molecule has 1 heterocycles. The maximum atomic E-state index is 12.4. The Labute approximate surface area is 190 Å². The molecular formula is C25H22O4S2. The van der Waals surface area contributed by atoms with Crippen molar-refractivity contribution >= 4 is 35.5 Å². The Morgan fingerprint density at radius 2 is 1.35 bits per heavy atom. The summed E-state index contributed by atoms with van der Waals surface area (Å²) in [6, 6.07) is 30.2. The van der Waals surface area contributed by atoms with Gasteiger partial charge >= 0.3 is 11.9 Å². The number of carbonyl (C=O) groups is 2. The van der Waals surface area contributed by atoms with Crippen LogP contribution in [-0.4, -0.2) is 18.2 Å². The summed E-state index contributed by atoms with van der Waals surface area (Å²) in [6.07, 6.45) is -0.787. The SMILES string of the molecule is CC(=O)O[C@@H]1OC(=O)C[C@H]1C(Sc1ccccc1)(Sc1ccccc1)c1ccccc1. The van der Waals surface area contributed by atoms with Crippen LogP contribution in [-0.2, 0) is 23.1 Å². The summed E-state index contributed by atoms with van der Waals surface area (Å²) in [5.74, 6) is -1.22. The highest BCUT2D eigenvalue weighted by Crippen LogP contribution is 2.60. The van der Waals surface area contributed by atoms with E-state index in [1.165, 1.54) is 6.92 Å². The van der Waals surface area contributed by atoms with Crippen molar-refractivity contribution in [2.75, 3.05) is 0 Å². The third kappa shape index (κ3) is 4.97. The third-order valence-corrected chi connectivity index (χ3v) is 8.13. The van der Waals surface area contributed by atoms with Crippen molar-refractivity contribution in [3.8, 4) is 0 Å². The van der Waals surface area contributed by atoms with Crippen LogP contribution in [0.2, 0.25) is 0 Å². The van der Waals surface area contributed by atoms with Crippen molar-refractivity contribution in [2.24, 2.45) is 5.92 Å². The van der Waals surface area contributed by atoms with Gasteiger partial charge in [-0.15, -0.1) is 23.5 Å². The van der Waals surface area contributed by atoms with E-state index in [2.05, 4.69) is 12.1 Å². The molecule has 1 aliphatic heterocycles. The molecule has 1 fully saturated rings. The van der Waals surface area contributed by atoms with E-state index >= 15 is 0 Å². The molecule has 158 valence electrons. The first-order valence-corrected chi connectivity index (χ1v) is 11.6. The summed E-state index contributed by atoms with van der Waals surface area (Å²) in [7, 11) is 0. The van der Waals surface area contributed by atoms with Crippen LogP contribution in [0.25, 0.3) is 0 Å². The maximum absolute atomic E-state index is 12.4. The van der Waals surface area contributed by atoms with Gasteiger partial charge in [0.05, 0.1) is 12.3 Å². The van der Waals surface area contributed by atoms with E-state index in [9.17, 15) is 9.59 Å². The van der Waals surface area contributed by atoms with Crippen molar-refractivity contribution in [1.29, 1.82) is 0 Å². The van der Waals surface area contributed by atoms with Gasteiger partial charge in [0.15, 0.2) is 0 Å². The van der Waals surface area contributed by atoms with Gasteiger partial charge in [-0.1, -0.05) is 66.7 Å². The number of hydrogen-bond donors (Lipinski definition) is 0. The van der Waals surface area contributed by atoms with E-state index in [4.69, 9.17) is 9.47 Å². The van der Waals surface area contributed by atoms with Crippen LogP contribution in [0.3, 0.4) is 0 Å². The summed E-state index contributed by atoms with van der Waals surface area (Å²) in [4.78, 5) is 26.3. The minimum atomic E-state index is -0.947. The predicted molar refractivity (Wildman–Crippen MR) is 122 cm³/mol. The molecule has 0 amide bonds. The second kappa shape index (κ2) is 9.62. The number of cyclic esters (lactones) is 1. The fraction of sp³-hybridized carbons (Fsp3) is 0.200. The van der Waals surface area contributed by atoms with Gasteiger partial charge in [-0.2, -0.15) is 0 Å². The average molecular weight is 451 g/mol. The summed E-state index contributed by atoms with van der Waals surface area (Å²) in [5.41, 5.74) is 1.03. The quantitative estimate of drug-likeness (QED) is 0.255. The van der Waals surface area contributed by atoms with Gasteiger partial charge in [-0.05, 0) is 29.8 Å². The maximum Gasteiger partial charge on any atom is 0.309 e. The van der Waals surface area contributed by atoms with E-state index in [1.54, 1.807) is 23.5 Å². The molecule has 6 heteroatoms. The van der Waals surface area contributed by atoms with Crippen LogP contribution in [0.15, 0.2) is 101 Å². The van der Waals surface area contributed by atoms with Gasteiger partial charge < -0.3 is 9.47 Å². The number of hydrogen-bond acceptors (Lipinski definition) is 6. The highest BCUT2D eigenvalue weighted by molar-refractivity contribution is 8.17. The Kier molecular flexibility index (Phi) is 6.68.